The summed E-state index contributed by atoms with van der Waals surface area (Å²) in [7, 11) is 0. The number of nitrogens with zero attached hydrogens (tertiary/aromatic N) is 2. The van der Waals surface area contributed by atoms with Gasteiger partial charge in [0.2, 0.25) is 0 Å². The van der Waals surface area contributed by atoms with E-state index < -0.39 is 5.54 Å². The van der Waals surface area contributed by atoms with Crippen molar-refractivity contribution < 1.29 is 4.79 Å². The maximum atomic E-state index is 12.6. The summed E-state index contributed by atoms with van der Waals surface area (Å²) in [5.41, 5.74) is 2.03. The molecule has 0 bridgehead atoms. The van der Waals surface area contributed by atoms with Gasteiger partial charge in [0.15, 0.2) is 0 Å². The molecule has 2 heterocycles. The number of hydrogen-bond donors (Lipinski definition) is 0. The molecule has 0 N–H and O–H groups in total. The Morgan fingerprint density at radius 1 is 1.26 bits per heavy atom. The first-order valence-corrected chi connectivity index (χ1v) is 6.44. The maximum absolute atomic E-state index is 12.6. The molecular weight excluding hydrogens is 260 g/mol. The van der Waals surface area contributed by atoms with Crippen molar-refractivity contribution in [1.82, 2.24) is 4.98 Å². The number of hydrogen-bond acceptors (Lipinski definition) is 2. The Labute approximate surface area is 116 Å². The number of fused-ring (bicyclic) bond motifs is 1. The van der Waals surface area contributed by atoms with E-state index in [1.165, 1.54) is 0 Å². The molecule has 0 unspecified atom stereocenters. The summed E-state index contributed by atoms with van der Waals surface area (Å²) in [6.45, 7) is 4.03. The quantitative estimate of drug-likeness (QED) is 0.794. The SMILES string of the molecule is CC1(C)c2cc(Cl)ccc2C(=O)N1c1cccnc1. The van der Waals surface area contributed by atoms with Crippen molar-refractivity contribution in [3.63, 3.8) is 0 Å². The predicted molar refractivity (Wildman–Crippen MR) is 75.5 cm³/mol. The van der Waals surface area contributed by atoms with Gasteiger partial charge in [-0.3, -0.25) is 14.7 Å². The molecule has 1 aliphatic rings. The molecule has 1 aromatic heterocycles. The highest BCUT2D eigenvalue weighted by atomic mass is 35.5. The van der Waals surface area contributed by atoms with Crippen LogP contribution in [0.2, 0.25) is 5.02 Å². The molecule has 0 fully saturated rings. The minimum Gasteiger partial charge on any atom is -0.297 e. The fourth-order valence-electron chi connectivity index (χ4n) is 2.63. The molecule has 0 aliphatic carbocycles. The lowest BCUT2D eigenvalue weighted by molar-refractivity contribution is 0.0982. The lowest BCUT2D eigenvalue weighted by Gasteiger charge is -2.32. The standard InChI is InChI=1S/C15H13ClN2O/c1-15(2)13-8-10(16)5-6-12(13)14(19)18(15)11-4-3-7-17-9-11/h3-9H,1-2H3. The normalized spacial score (nSPS) is 16.6. The minimum absolute atomic E-state index is 0.00957. The van der Waals surface area contributed by atoms with Crippen LogP contribution in [0.1, 0.15) is 29.8 Å². The zero-order chi connectivity index (χ0) is 13.6. The van der Waals surface area contributed by atoms with Crippen LogP contribution in [0.3, 0.4) is 0 Å². The monoisotopic (exact) mass is 272 g/mol. The molecule has 2 aromatic rings. The average molecular weight is 273 g/mol. The molecule has 0 radical (unpaired) electrons. The zero-order valence-electron chi connectivity index (χ0n) is 10.7. The molecule has 96 valence electrons. The van der Waals surface area contributed by atoms with E-state index in [2.05, 4.69) is 4.98 Å². The van der Waals surface area contributed by atoms with Gasteiger partial charge in [-0.2, -0.15) is 0 Å². The van der Waals surface area contributed by atoms with Crippen LogP contribution in [0.4, 0.5) is 5.69 Å². The Balaban J connectivity index is 2.19. The fourth-order valence-corrected chi connectivity index (χ4v) is 2.80. The van der Waals surface area contributed by atoms with Gasteiger partial charge in [-0.05, 0) is 49.7 Å². The van der Waals surface area contributed by atoms with Crippen molar-refractivity contribution in [1.29, 1.82) is 0 Å². The van der Waals surface area contributed by atoms with Crippen molar-refractivity contribution in [3.8, 4) is 0 Å². The number of rotatable bonds is 1. The average Bonchev–Trinajstić information content (AvgIpc) is 2.58. The molecule has 1 amide bonds. The second kappa shape index (κ2) is 4.07. The summed E-state index contributed by atoms with van der Waals surface area (Å²) >= 11 is 6.05. The van der Waals surface area contributed by atoms with E-state index in [1.54, 1.807) is 29.4 Å². The first-order valence-electron chi connectivity index (χ1n) is 6.06. The van der Waals surface area contributed by atoms with Gasteiger partial charge in [0.1, 0.15) is 0 Å². The highest BCUT2D eigenvalue weighted by molar-refractivity contribution is 6.31. The van der Waals surface area contributed by atoms with E-state index in [0.29, 0.717) is 10.6 Å². The number of halogens is 1. The van der Waals surface area contributed by atoms with Crippen molar-refractivity contribution >= 4 is 23.2 Å². The second-order valence-corrected chi connectivity index (χ2v) is 5.54. The molecule has 0 saturated heterocycles. The minimum atomic E-state index is -0.430. The van der Waals surface area contributed by atoms with Gasteiger partial charge in [-0.1, -0.05) is 11.6 Å². The van der Waals surface area contributed by atoms with Gasteiger partial charge in [-0.15, -0.1) is 0 Å². The van der Waals surface area contributed by atoms with Crippen LogP contribution < -0.4 is 4.90 Å². The van der Waals surface area contributed by atoms with Gasteiger partial charge in [0, 0.05) is 16.8 Å². The van der Waals surface area contributed by atoms with Gasteiger partial charge in [0.05, 0.1) is 17.4 Å². The van der Waals surface area contributed by atoms with E-state index in [9.17, 15) is 4.79 Å². The highest BCUT2D eigenvalue weighted by Gasteiger charge is 2.43. The van der Waals surface area contributed by atoms with Crippen LogP contribution in [0, 0.1) is 0 Å². The molecule has 3 nitrogen and oxygen atoms in total. The molecule has 3 rings (SSSR count). The zero-order valence-corrected chi connectivity index (χ0v) is 11.5. The molecule has 0 saturated carbocycles. The topological polar surface area (TPSA) is 33.2 Å². The van der Waals surface area contributed by atoms with E-state index in [4.69, 9.17) is 11.6 Å². The Kier molecular flexibility index (Phi) is 2.61. The van der Waals surface area contributed by atoms with Gasteiger partial charge in [-0.25, -0.2) is 0 Å². The Morgan fingerprint density at radius 3 is 2.74 bits per heavy atom. The number of carbonyl (C=O) groups is 1. The summed E-state index contributed by atoms with van der Waals surface area (Å²) in [6.07, 6.45) is 3.40. The van der Waals surface area contributed by atoms with Crippen LogP contribution in [-0.4, -0.2) is 10.9 Å². The molecule has 4 heteroatoms. The number of amides is 1. The summed E-state index contributed by atoms with van der Waals surface area (Å²) in [5, 5.41) is 0.646. The number of anilines is 1. The summed E-state index contributed by atoms with van der Waals surface area (Å²) in [6, 6.07) is 9.12. The van der Waals surface area contributed by atoms with Gasteiger partial charge >= 0.3 is 0 Å². The van der Waals surface area contributed by atoms with Gasteiger partial charge < -0.3 is 0 Å². The van der Waals surface area contributed by atoms with Crippen LogP contribution in [-0.2, 0) is 5.54 Å². The lowest BCUT2D eigenvalue weighted by atomic mass is 9.93. The maximum Gasteiger partial charge on any atom is 0.259 e. The number of carbonyl (C=O) groups excluding carboxylic acids is 1. The molecule has 0 spiro atoms. The summed E-state index contributed by atoms with van der Waals surface area (Å²) in [5.74, 6) is -0.00957. The van der Waals surface area contributed by atoms with Crippen molar-refractivity contribution in [2.45, 2.75) is 19.4 Å². The van der Waals surface area contributed by atoms with E-state index in [0.717, 1.165) is 11.3 Å². The smallest absolute Gasteiger partial charge is 0.259 e. The lowest BCUT2D eigenvalue weighted by Crippen LogP contribution is -2.39. The summed E-state index contributed by atoms with van der Waals surface area (Å²) < 4.78 is 0. The molecular formula is C15H13ClN2O. The third-order valence-corrected chi connectivity index (χ3v) is 3.77. The third kappa shape index (κ3) is 1.73. The second-order valence-electron chi connectivity index (χ2n) is 5.10. The number of benzene rings is 1. The van der Waals surface area contributed by atoms with Crippen LogP contribution in [0.15, 0.2) is 42.7 Å². The first-order chi connectivity index (χ1) is 9.01. The summed E-state index contributed by atoms with van der Waals surface area (Å²) in [4.78, 5) is 18.4. The molecule has 1 aromatic carbocycles. The molecule has 1 aliphatic heterocycles. The van der Waals surface area contributed by atoms with E-state index >= 15 is 0 Å². The van der Waals surface area contributed by atoms with Crippen molar-refractivity contribution in [3.05, 3.63) is 58.9 Å². The largest absolute Gasteiger partial charge is 0.297 e. The van der Waals surface area contributed by atoms with Crippen LogP contribution in [0.25, 0.3) is 0 Å². The molecule has 19 heavy (non-hydrogen) atoms. The van der Waals surface area contributed by atoms with E-state index in [-0.39, 0.29) is 5.91 Å². The highest BCUT2D eigenvalue weighted by Crippen LogP contribution is 2.42. The molecule has 0 atom stereocenters. The number of aromatic nitrogens is 1. The van der Waals surface area contributed by atoms with Gasteiger partial charge in [0.25, 0.3) is 5.91 Å². The Morgan fingerprint density at radius 2 is 2.05 bits per heavy atom. The van der Waals surface area contributed by atoms with Crippen molar-refractivity contribution in [2.24, 2.45) is 0 Å². The van der Waals surface area contributed by atoms with Crippen LogP contribution >= 0.6 is 11.6 Å². The fraction of sp³-hybridized carbons (Fsp3) is 0.200. The predicted octanol–water partition coefficient (Wildman–Crippen LogP) is 3.63. The Bertz CT molecular complexity index is 652. The van der Waals surface area contributed by atoms with Crippen molar-refractivity contribution in [2.75, 3.05) is 4.90 Å². The Hall–Kier alpha value is -1.87. The third-order valence-electron chi connectivity index (χ3n) is 3.54. The van der Waals surface area contributed by atoms with E-state index in [1.807, 2.05) is 32.0 Å². The van der Waals surface area contributed by atoms with Crippen LogP contribution in [0.5, 0.6) is 0 Å². The number of pyridine rings is 1. The first kappa shape index (κ1) is 12.2.